The monoisotopic (exact) mass is 469 g/mol. The largest absolute Gasteiger partial charge is 0.484 e. The Balaban J connectivity index is 1.27. The van der Waals surface area contributed by atoms with E-state index in [1.807, 2.05) is 0 Å². The lowest BCUT2D eigenvalue weighted by Crippen LogP contribution is -2.48. The van der Waals surface area contributed by atoms with Crippen molar-refractivity contribution in [3.8, 4) is 11.5 Å². The molecule has 7 nitrogen and oxygen atoms in total. The first kappa shape index (κ1) is 22.2. The number of amides is 1. The normalized spacial score (nSPS) is 18.7. The van der Waals surface area contributed by atoms with Gasteiger partial charge in [-0.25, -0.2) is 9.37 Å². The molecule has 1 amide bonds. The van der Waals surface area contributed by atoms with Crippen molar-refractivity contribution in [1.29, 1.82) is 0 Å². The number of carbonyl (C=O) groups excluding carboxylic acids is 1. The van der Waals surface area contributed by atoms with Gasteiger partial charge in [-0.05, 0) is 37.1 Å². The second-order valence-electron chi connectivity index (χ2n) is 7.23. The van der Waals surface area contributed by atoms with E-state index in [0.29, 0.717) is 36.4 Å². The minimum absolute atomic E-state index is 0.00172. The molecule has 1 aliphatic rings. The van der Waals surface area contributed by atoms with Crippen LogP contribution < -0.4 is 20.1 Å². The number of oxazole rings is 1. The lowest BCUT2D eigenvalue weighted by molar-refractivity contribution is -0.124. The van der Waals surface area contributed by atoms with Crippen molar-refractivity contribution in [3.05, 3.63) is 53.1 Å². The van der Waals surface area contributed by atoms with Gasteiger partial charge < -0.3 is 24.5 Å². The molecule has 170 valence electrons. The van der Waals surface area contributed by atoms with Gasteiger partial charge in [-0.15, -0.1) is 0 Å². The fourth-order valence-corrected chi connectivity index (χ4v) is 3.54. The van der Waals surface area contributed by atoms with Crippen molar-refractivity contribution in [3.63, 3.8) is 0 Å². The van der Waals surface area contributed by atoms with E-state index in [0.717, 1.165) is 6.07 Å². The molecular weight excluding hydrogens is 451 g/mol. The lowest BCUT2D eigenvalue weighted by Gasteiger charge is -2.28. The van der Waals surface area contributed by atoms with E-state index in [1.54, 1.807) is 6.07 Å². The molecule has 4 rings (SSSR count). The molecule has 1 saturated heterocycles. The van der Waals surface area contributed by atoms with Crippen molar-refractivity contribution >= 4 is 28.6 Å². The number of carbonyl (C=O) groups is 1. The summed E-state index contributed by atoms with van der Waals surface area (Å²) in [5.41, 5.74) is 0.890. The fraction of sp³-hybridized carbons (Fsp3) is 0.333. The summed E-state index contributed by atoms with van der Waals surface area (Å²) in [4.78, 5) is 16.5. The molecule has 0 bridgehead atoms. The summed E-state index contributed by atoms with van der Waals surface area (Å²) in [7, 11) is 0. The van der Waals surface area contributed by atoms with Crippen LogP contribution in [-0.4, -0.2) is 36.7 Å². The lowest BCUT2D eigenvalue weighted by atomic mass is 10.0. The third-order valence-corrected chi connectivity index (χ3v) is 5.25. The number of ether oxygens (including phenoxy) is 2. The van der Waals surface area contributed by atoms with E-state index in [1.165, 1.54) is 24.3 Å². The zero-order valence-corrected chi connectivity index (χ0v) is 17.4. The van der Waals surface area contributed by atoms with E-state index in [2.05, 4.69) is 20.4 Å². The predicted molar refractivity (Wildman–Crippen MR) is 109 cm³/mol. The fourth-order valence-electron chi connectivity index (χ4n) is 3.42. The first-order chi connectivity index (χ1) is 15.4. The highest BCUT2D eigenvalue weighted by Crippen LogP contribution is 2.28. The maximum atomic E-state index is 13.4. The Labute approximate surface area is 185 Å². The molecule has 0 saturated carbocycles. The number of alkyl halides is 2. The molecule has 2 atom stereocenters. The zero-order chi connectivity index (χ0) is 22.7. The summed E-state index contributed by atoms with van der Waals surface area (Å²) in [5.74, 6) is -0.310. The molecule has 11 heteroatoms. The van der Waals surface area contributed by atoms with E-state index >= 15 is 0 Å². The summed E-state index contributed by atoms with van der Waals surface area (Å²) < 4.78 is 53.5. The molecule has 2 N–H and O–H groups in total. The summed E-state index contributed by atoms with van der Waals surface area (Å²) in [6.45, 7) is -2.70. The van der Waals surface area contributed by atoms with Gasteiger partial charge in [0.05, 0.1) is 11.1 Å². The number of rotatable bonds is 7. The molecule has 0 radical (unpaired) electrons. The van der Waals surface area contributed by atoms with Crippen LogP contribution in [0.3, 0.4) is 0 Å². The van der Waals surface area contributed by atoms with Gasteiger partial charge in [0.2, 0.25) is 5.89 Å². The molecule has 0 aliphatic carbocycles. The quantitative estimate of drug-likeness (QED) is 0.539. The van der Waals surface area contributed by atoms with E-state index < -0.39 is 12.4 Å². The van der Waals surface area contributed by atoms with Crippen LogP contribution in [0.1, 0.15) is 24.8 Å². The van der Waals surface area contributed by atoms with Crippen molar-refractivity contribution < 1.29 is 31.9 Å². The Morgan fingerprint density at radius 1 is 1.25 bits per heavy atom. The van der Waals surface area contributed by atoms with Crippen LogP contribution in [0, 0.1) is 5.82 Å². The number of hydrogen-bond donors (Lipinski definition) is 2. The highest BCUT2D eigenvalue weighted by atomic mass is 35.5. The third kappa shape index (κ3) is 5.43. The molecule has 2 aromatic carbocycles. The maximum absolute atomic E-state index is 13.4. The number of aromatic nitrogens is 1. The molecule has 1 aromatic heterocycles. The maximum Gasteiger partial charge on any atom is 0.387 e. The number of piperidine rings is 1. The molecule has 32 heavy (non-hydrogen) atoms. The van der Waals surface area contributed by atoms with Crippen LogP contribution in [0.4, 0.5) is 13.2 Å². The number of halogens is 4. The van der Waals surface area contributed by atoms with Crippen LogP contribution >= 0.6 is 11.6 Å². The Bertz CT molecular complexity index is 1100. The summed E-state index contributed by atoms with van der Waals surface area (Å²) in [5, 5.41) is 6.09. The first-order valence-electron chi connectivity index (χ1n) is 9.83. The van der Waals surface area contributed by atoms with E-state index in [4.69, 9.17) is 20.8 Å². The molecule has 0 spiro atoms. The van der Waals surface area contributed by atoms with Gasteiger partial charge in [-0.3, -0.25) is 4.79 Å². The third-order valence-electron chi connectivity index (χ3n) is 4.94. The van der Waals surface area contributed by atoms with Gasteiger partial charge in [-0.2, -0.15) is 8.78 Å². The highest BCUT2D eigenvalue weighted by Gasteiger charge is 2.26. The molecular formula is C21H19ClF3N3O4. The number of nitrogens with zero attached hydrogens (tertiary/aromatic N) is 1. The Morgan fingerprint density at radius 2 is 2.06 bits per heavy atom. The summed E-state index contributed by atoms with van der Waals surface area (Å²) >= 11 is 5.62. The van der Waals surface area contributed by atoms with Crippen molar-refractivity contribution in [2.75, 3.05) is 13.2 Å². The minimum atomic E-state index is -2.92. The van der Waals surface area contributed by atoms with Crippen molar-refractivity contribution in [1.82, 2.24) is 15.6 Å². The molecule has 1 fully saturated rings. The Kier molecular flexibility index (Phi) is 6.71. The average Bonchev–Trinajstić information content (AvgIpc) is 3.18. The van der Waals surface area contributed by atoms with Crippen LogP contribution in [0.5, 0.6) is 11.5 Å². The highest BCUT2D eigenvalue weighted by molar-refractivity contribution is 6.30. The Hall–Kier alpha value is -2.98. The molecule has 1 unspecified atom stereocenters. The van der Waals surface area contributed by atoms with Crippen molar-refractivity contribution in [2.24, 2.45) is 0 Å². The molecule has 3 aromatic rings. The second kappa shape index (κ2) is 9.66. The average molecular weight is 470 g/mol. The molecule has 2 heterocycles. The molecule has 1 aliphatic heterocycles. The van der Waals surface area contributed by atoms with Crippen LogP contribution in [0.25, 0.3) is 11.1 Å². The SMILES string of the molecule is O=C(COc1ccc(Cl)c(F)c1)NC1CC[C@H](c2nc3ccc(OC(F)F)cc3o2)NC1. The standard InChI is InChI=1S/C21H19ClF3N3O4/c22-14-4-2-12(7-15(14)23)30-10-19(29)27-11-1-5-17(26-9-11)20-28-16-6-3-13(31-21(24)25)8-18(16)32-20/h2-4,6-8,11,17,21,26H,1,5,9-10H2,(H,27,29)/t11?,17-/m1/s1. The Morgan fingerprint density at radius 3 is 2.78 bits per heavy atom. The number of benzene rings is 2. The van der Waals surface area contributed by atoms with Crippen LogP contribution in [0.2, 0.25) is 5.02 Å². The smallest absolute Gasteiger partial charge is 0.387 e. The summed E-state index contributed by atoms with van der Waals surface area (Å²) in [6, 6.07) is 7.98. The number of hydrogen-bond acceptors (Lipinski definition) is 6. The number of fused-ring (bicyclic) bond motifs is 1. The minimum Gasteiger partial charge on any atom is -0.484 e. The summed E-state index contributed by atoms with van der Waals surface area (Å²) in [6.07, 6.45) is 1.30. The van der Waals surface area contributed by atoms with Gasteiger partial charge in [-0.1, -0.05) is 11.6 Å². The van der Waals surface area contributed by atoms with E-state index in [-0.39, 0.29) is 41.1 Å². The predicted octanol–water partition coefficient (Wildman–Crippen LogP) is 4.21. The first-order valence-corrected chi connectivity index (χ1v) is 10.2. The van der Waals surface area contributed by atoms with Gasteiger partial charge in [0.25, 0.3) is 5.91 Å². The van der Waals surface area contributed by atoms with Crippen molar-refractivity contribution in [2.45, 2.75) is 31.5 Å². The van der Waals surface area contributed by atoms with Gasteiger partial charge in [0.15, 0.2) is 12.2 Å². The second-order valence-corrected chi connectivity index (χ2v) is 7.63. The van der Waals surface area contributed by atoms with Crippen LogP contribution in [-0.2, 0) is 4.79 Å². The number of nitrogens with one attached hydrogen (secondary N) is 2. The zero-order valence-electron chi connectivity index (χ0n) is 16.6. The topological polar surface area (TPSA) is 85.6 Å². The van der Waals surface area contributed by atoms with Gasteiger partial charge in [0, 0.05) is 24.7 Å². The van der Waals surface area contributed by atoms with Crippen LogP contribution in [0.15, 0.2) is 40.8 Å². The van der Waals surface area contributed by atoms with E-state index in [9.17, 15) is 18.0 Å². The van der Waals surface area contributed by atoms with Gasteiger partial charge in [0.1, 0.15) is 22.8 Å². The van der Waals surface area contributed by atoms with Gasteiger partial charge >= 0.3 is 6.61 Å².